The van der Waals surface area contributed by atoms with Crippen LogP contribution in [0.1, 0.15) is 12.5 Å². The summed E-state index contributed by atoms with van der Waals surface area (Å²) in [5.74, 6) is 0.272. The first-order chi connectivity index (χ1) is 7.63. The van der Waals surface area contributed by atoms with Crippen molar-refractivity contribution < 1.29 is 14.3 Å². The lowest BCUT2D eigenvalue weighted by Gasteiger charge is -2.13. The monoisotopic (exact) mass is 220 g/mol. The molecule has 0 saturated heterocycles. The third-order valence-corrected chi connectivity index (χ3v) is 2.01. The molecule has 0 aromatic heterocycles. The Morgan fingerprint density at radius 3 is 2.62 bits per heavy atom. The van der Waals surface area contributed by atoms with Crippen molar-refractivity contribution in [3.63, 3.8) is 0 Å². The second-order valence-corrected chi connectivity index (χ2v) is 3.49. The van der Waals surface area contributed by atoms with Crippen LogP contribution in [0.15, 0.2) is 36.9 Å². The molecule has 86 valence electrons. The number of benzene rings is 1. The summed E-state index contributed by atoms with van der Waals surface area (Å²) in [6.07, 6.45) is 0.916. The summed E-state index contributed by atoms with van der Waals surface area (Å²) in [7, 11) is 0. The van der Waals surface area contributed by atoms with Crippen molar-refractivity contribution in [1.29, 1.82) is 0 Å². The average molecular weight is 220 g/mol. The molecular formula is C13H16O3. The van der Waals surface area contributed by atoms with Gasteiger partial charge in [-0.2, -0.15) is 0 Å². The fourth-order valence-corrected chi connectivity index (χ4v) is 1.13. The minimum atomic E-state index is -0.609. The number of esters is 1. The van der Waals surface area contributed by atoms with E-state index in [0.29, 0.717) is 5.75 Å². The van der Waals surface area contributed by atoms with Crippen LogP contribution >= 0.6 is 0 Å². The van der Waals surface area contributed by atoms with Gasteiger partial charge in [-0.1, -0.05) is 30.4 Å². The van der Waals surface area contributed by atoms with E-state index in [2.05, 4.69) is 6.58 Å². The van der Waals surface area contributed by atoms with E-state index in [0.717, 1.165) is 5.56 Å². The van der Waals surface area contributed by atoms with Crippen LogP contribution < -0.4 is 4.74 Å². The quantitative estimate of drug-likeness (QED) is 0.565. The van der Waals surface area contributed by atoms with Gasteiger partial charge in [0.2, 0.25) is 0 Å². The van der Waals surface area contributed by atoms with Gasteiger partial charge < -0.3 is 9.47 Å². The zero-order valence-electron chi connectivity index (χ0n) is 9.60. The predicted octanol–water partition coefficient (Wildman–Crippen LogP) is 2.49. The summed E-state index contributed by atoms with van der Waals surface area (Å²) in [6.45, 7) is 7.33. The third-order valence-electron chi connectivity index (χ3n) is 2.01. The Balaban J connectivity index is 2.50. The Hall–Kier alpha value is -1.77. The molecule has 0 radical (unpaired) electrons. The second-order valence-electron chi connectivity index (χ2n) is 3.49. The van der Waals surface area contributed by atoms with Gasteiger partial charge in [0.25, 0.3) is 0 Å². The maximum atomic E-state index is 11.4. The van der Waals surface area contributed by atoms with Crippen molar-refractivity contribution in [2.75, 3.05) is 6.61 Å². The Labute approximate surface area is 95.7 Å². The molecule has 3 nitrogen and oxygen atoms in total. The average Bonchev–Trinajstić information content (AvgIpc) is 2.29. The number of ether oxygens (including phenoxy) is 2. The van der Waals surface area contributed by atoms with Crippen molar-refractivity contribution in [3.05, 3.63) is 42.5 Å². The van der Waals surface area contributed by atoms with Gasteiger partial charge in [-0.3, -0.25) is 0 Å². The number of aryl methyl sites for hydroxylation is 1. The molecular weight excluding hydrogens is 204 g/mol. The number of carbonyl (C=O) groups excluding carboxylic acids is 1. The summed E-state index contributed by atoms with van der Waals surface area (Å²) in [6, 6.07) is 7.51. The van der Waals surface area contributed by atoms with Crippen LogP contribution in [0.25, 0.3) is 0 Å². The lowest BCUT2D eigenvalue weighted by Crippen LogP contribution is -2.26. The minimum absolute atomic E-state index is 0.209. The van der Waals surface area contributed by atoms with E-state index in [-0.39, 0.29) is 12.6 Å². The fourth-order valence-electron chi connectivity index (χ4n) is 1.13. The number of hydrogen-bond acceptors (Lipinski definition) is 3. The van der Waals surface area contributed by atoms with Crippen LogP contribution in [-0.4, -0.2) is 18.7 Å². The van der Waals surface area contributed by atoms with E-state index in [1.807, 2.05) is 31.2 Å². The van der Waals surface area contributed by atoms with Gasteiger partial charge in [-0.15, -0.1) is 0 Å². The molecule has 1 aromatic rings. The normalized spacial score (nSPS) is 11.6. The SMILES string of the molecule is C=CCOC(=O)C(C)Oc1ccc(C)cc1. The molecule has 3 heteroatoms. The maximum absolute atomic E-state index is 11.4. The first-order valence-corrected chi connectivity index (χ1v) is 5.14. The molecule has 0 saturated carbocycles. The minimum Gasteiger partial charge on any atom is -0.479 e. The van der Waals surface area contributed by atoms with Gasteiger partial charge >= 0.3 is 5.97 Å². The number of rotatable bonds is 5. The Kier molecular flexibility index (Phi) is 4.58. The van der Waals surface area contributed by atoms with Crippen molar-refractivity contribution in [3.8, 4) is 5.75 Å². The molecule has 0 fully saturated rings. The Bertz CT molecular complexity index is 354. The van der Waals surface area contributed by atoms with E-state index in [1.165, 1.54) is 6.08 Å². The largest absolute Gasteiger partial charge is 0.479 e. The molecule has 0 heterocycles. The molecule has 1 aromatic carbocycles. The highest BCUT2D eigenvalue weighted by Crippen LogP contribution is 2.13. The van der Waals surface area contributed by atoms with E-state index < -0.39 is 6.10 Å². The van der Waals surface area contributed by atoms with Crippen molar-refractivity contribution >= 4 is 5.97 Å². The van der Waals surface area contributed by atoms with Crippen molar-refractivity contribution in [2.24, 2.45) is 0 Å². The molecule has 0 aliphatic carbocycles. The lowest BCUT2D eigenvalue weighted by atomic mass is 10.2. The summed E-state index contributed by atoms with van der Waals surface area (Å²) in [5, 5.41) is 0. The molecule has 1 rings (SSSR count). The molecule has 1 unspecified atom stereocenters. The van der Waals surface area contributed by atoms with Crippen molar-refractivity contribution in [2.45, 2.75) is 20.0 Å². The topological polar surface area (TPSA) is 35.5 Å². The Morgan fingerprint density at radius 1 is 1.44 bits per heavy atom. The summed E-state index contributed by atoms with van der Waals surface area (Å²) < 4.78 is 10.3. The molecule has 16 heavy (non-hydrogen) atoms. The summed E-state index contributed by atoms with van der Waals surface area (Å²) >= 11 is 0. The van der Waals surface area contributed by atoms with Gasteiger partial charge in [0.05, 0.1) is 0 Å². The van der Waals surface area contributed by atoms with Crippen LogP contribution in [0, 0.1) is 6.92 Å². The standard InChI is InChI=1S/C13H16O3/c1-4-9-15-13(14)11(3)16-12-7-5-10(2)6-8-12/h4-8,11H,1,9H2,2-3H3. The highest BCUT2D eigenvalue weighted by Gasteiger charge is 2.15. The molecule has 0 bridgehead atoms. The van der Waals surface area contributed by atoms with E-state index in [1.54, 1.807) is 6.92 Å². The Morgan fingerprint density at radius 2 is 2.06 bits per heavy atom. The zero-order valence-corrected chi connectivity index (χ0v) is 9.60. The first kappa shape index (κ1) is 12.3. The predicted molar refractivity (Wildman–Crippen MR) is 62.4 cm³/mol. The van der Waals surface area contributed by atoms with Gasteiger partial charge in [-0.25, -0.2) is 4.79 Å². The van der Waals surface area contributed by atoms with Crippen LogP contribution in [0.2, 0.25) is 0 Å². The van der Waals surface area contributed by atoms with Gasteiger partial charge in [0, 0.05) is 0 Å². The highest BCUT2D eigenvalue weighted by atomic mass is 16.6. The summed E-state index contributed by atoms with van der Waals surface area (Å²) in [4.78, 5) is 11.4. The lowest BCUT2D eigenvalue weighted by molar-refractivity contribution is -0.149. The highest BCUT2D eigenvalue weighted by molar-refractivity contribution is 5.74. The van der Waals surface area contributed by atoms with E-state index in [9.17, 15) is 4.79 Å². The van der Waals surface area contributed by atoms with Crippen LogP contribution in [0.5, 0.6) is 5.75 Å². The maximum Gasteiger partial charge on any atom is 0.347 e. The molecule has 0 spiro atoms. The van der Waals surface area contributed by atoms with Crippen molar-refractivity contribution in [1.82, 2.24) is 0 Å². The van der Waals surface area contributed by atoms with E-state index in [4.69, 9.17) is 9.47 Å². The van der Waals surface area contributed by atoms with Crippen LogP contribution in [0.4, 0.5) is 0 Å². The summed E-state index contributed by atoms with van der Waals surface area (Å²) in [5.41, 5.74) is 1.15. The smallest absolute Gasteiger partial charge is 0.347 e. The van der Waals surface area contributed by atoms with Gasteiger partial charge in [0.15, 0.2) is 6.10 Å². The third kappa shape index (κ3) is 3.77. The molecule has 0 amide bonds. The molecule has 0 aliphatic heterocycles. The fraction of sp³-hybridized carbons (Fsp3) is 0.308. The van der Waals surface area contributed by atoms with Crippen LogP contribution in [0.3, 0.4) is 0 Å². The number of carbonyl (C=O) groups is 1. The number of hydrogen-bond donors (Lipinski definition) is 0. The molecule has 1 atom stereocenters. The molecule has 0 N–H and O–H groups in total. The second kappa shape index (κ2) is 5.95. The molecule has 0 aliphatic rings. The van der Waals surface area contributed by atoms with E-state index >= 15 is 0 Å². The van der Waals surface area contributed by atoms with Gasteiger partial charge in [0.1, 0.15) is 12.4 Å². The zero-order chi connectivity index (χ0) is 12.0. The van der Waals surface area contributed by atoms with Gasteiger partial charge in [-0.05, 0) is 26.0 Å². The van der Waals surface area contributed by atoms with Crippen LogP contribution in [-0.2, 0) is 9.53 Å². The first-order valence-electron chi connectivity index (χ1n) is 5.14.